The lowest BCUT2D eigenvalue weighted by atomic mass is 10.2. The number of nitrogens with one attached hydrogen (secondary N) is 1. The third-order valence-electron chi connectivity index (χ3n) is 4.78. The van der Waals surface area contributed by atoms with E-state index in [1.165, 1.54) is 18.3 Å². The van der Waals surface area contributed by atoms with Crippen molar-refractivity contribution in [1.82, 2.24) is 4.57 Å². The highest BCUT2D eigenvalue weighted by atomic mass is 32.1. The summed E-state index contributed by atoms with van der Waals surface area (Å²) >= 11 is 1.38. The Morgan fingerprint density at radius 3 is 2.55 bits per heavy atom. The van der Waals surface area contributed by atoms with E-state index in [0.717, 1.165) is 10.2 Å². The van der Waals surface area contributed by atoms with E-state index in [4.69, 9.17) is 9.47 Å². The Balaban J connectivity index is 1.69. The number of methoxy groups -OCH3 is 1. The van der Waals surface area contributed by atoms with Gasteiger partial charge in [-0.3, -0.25) is 9.59 Å². The van der Waals surface area contributed by atoms with Crippen LogP contribution in [0.25, 0.3) is 10.2 Å². The lowest BCUT2D eigenvalue weighted by Crippen LogP contribution is -2.19. The summed E-state index contributed by atoms with van der Waals surface area (Å²) in [5, 5.41) is 2.78. The summed E-state index contributed by atoms with van der Waals surface area (Å²) in [7, 11) is 1.63. The molecule has 0 saturated heterocycles. The van der Waals surface area contributed by atoms with Crippen molar-refractivity contribution in [2.75, 3.05) is 19.0 Å². The van der Waals surface area contributed by atoms with E-state index in [0.29, 0.717) is 40.7 Å². The Morgan fingerprint density at radius 1 is 1.00 bits per heavy atom. The fraction of sp³-hybridized carbons (Fsp3) is 0.160. The van der Waals surface area contributed by atoms with Crippen molar-refractivity contribution in [2.45, 2.75) is 13.5 Å². The molecule has 3 aromatic carbocycles. The zero-order valence-corrected chi connectivity index (χ0v) is 19.1. The predicted octanol–water partition coefficient (Wildman–Crippen LogP) is 4.84. The van der Waals surface area contributed by atoms with Crippen LogP contribution in [0, 0.1) is 0 Å². The summed E-state index contributed by atoms with van der Waals surface area (Å²) in [5.41, 5.74) is 2.04. The van der Waals surface area contributed by atoms with Crippen LogP contribution in [-0.2, 0) is 16.1 Å². The molecule has 1 aromatic heterocycles. The molecule has 4 rings (SSSR count). The summed E-state index contributed by atoms with van der Waals surface area (Å²) in [6.45, 7) is 2.48. The van der Waals surface area contributed by atoms with Gasteiger partial charge in [-0.15, -0.1) is 0 Å². The summed E-state index contributed by atoms with van der Waals surface area (Å²) in [5.74, 6) is 0.742. The minimum atomic E-state index is -0.367. The molecular weight excluding hydrogens is 438 g/mol. The van der Waals surface area contributed by atoms with Crippen LogP contribution in [0.5, 0.6) is 11.5 Å². The molecule has 0 radical (unpaired) electrons. The summed E-state index contributed by atoms with van der Waals surface area (Å²) in [6, 6.07) is 22.0. The molecule has 33 heavy (non-hydrogen) atoms. The molecule has 0 fully saturated rings. The first-order valence-corrected chi connectivity index (χ1v) is 11.2. The number of hydrogen-bond acceptors (Lipinski definition) is 5. The standard InChI is InChI=1S/C25H23N3O4S/c1-17(29)26-19-11-12-22-23(16-19)33-25(28(22)13-14-31-2)27-24(30)18-7-6-10-21(15-18)32-20-8-4-3-5-9-20/h3-12,15-16H,13-14H2,1-2H3,(H,26,29). The topological polar surface area (TPSA) is 81.9 Å². The van der Waals surface area contributed by atoms with Gasteiger partial charge in [0, 0.05) is 31.8 Å². The summed E-state index contributed by atoms with van der Waals surface area (Å²) in [4.78, 5) is 29.4. The molecule has 0 atom stereocenters. The lowest BCUT2D eigenvalue weighted by molar-refractivity contribution is -0.114. The van der Waals surface area contributed by atoms with Crippen molar-refractivity contribution >= 4 is 39.1 Å². The van der Waals surface area contributed by atoms with Gasteiger partial charge in [-0.25, -0.2) is 0 Å². The highest BCUT2D eigenvalue weighted by Gasteiger charge is 2.11. The number of ether oxygens (including phenoxy) is 2. The number of fused-ring (bicyclic) bond motifs is 1. The SMILES string of the molecule is COCCn1c(=NC(=O)c2cccc(Oc3ccccc3)c2)sc2cc(NC(C)=O)ccc21. The number of aromatic nitrogens is 1. The van der Waals surface area contributed by atoms with E-state index in [1.54, 1.807) is 31.4 Å². The van der Waals surface area contributed by atoms with Gasteiger partial charge >= 0.3 is 0 Å². The van der Waals surface area contributed by atoms with Crippen molar-refractivity contribution in [1.29, 1.82) is 0 Å². The van der Waals surface area contributed by atoms with Crippen molar-refractivity contribution in [3.63, 3.8) is 0 Å². The quantitative estimate of drug-likeness (QED) is 0.427. The number of hydrogen-bond donors (Lipinski definition) is 1. The van der Waals surface area contributed by atoms with Gasteiger partial charge in [0.25, 0.3) is 5.91 Å². The van der Waals surface area contributed by atoms with Gasteiger partial charge in [0.15, 0.2) is 4.80 Å². The van der Waals surface area contributed by atoms with E-state index in [9.17, 15) is 9.59 Å². The number of anilines is 1. The van der Waals surface area contributed by atoms with E-state index < -0.39 is 0 Å². The molecule has 7 nitrogen and oxygen atoms in total. The minimum absolute atomic E-state index is 0.143. The van der Waals surface area contributed by atoms with E-state index in [1.807, 2.05) is 53.1 Å². The summed E-state index contributed by atoms with van der Waals surface area (Å²) in [6.07, 6.45) is 0. The fourth-order valence-electron chi connectivity index (χ4n) is 3.31. The molecule has 168 valence electrons. The number of amides is 2. The molecule has 8 heteroatoms. The van der Waals surface area contributed by atoms with Crippen molar-refractivity contribution in [3.8, 4) is 11.5 Å². The van der Waals surface area contributed by atoms with Gasteiger partial charge in [-0.05, 0) is 48.5 Å². The molecule has 0 aliphatic heterocycles. The molecule has 0 aliphatic rings. The number of thiazole rings is 1. The van der Waals surface area contributed by atoms with Crippen molar-refractivity contribution < 1.29 is 19.1 Å². The molecule has 0 bridgehead atoms. The largest absolute Gasteiger partial charge is 0.457 e. The van der Waals surface area contributed by atoms with Gasteiger partial charge in [0.05, 0.1) is 16.8 Å². The van der Waals surface area contributed by atoms with Gasteiger partial charge in [0.1, 0.15) is 11.5 Å². The highest BCUT2D eigenvalue weighted by molar-refractivity contribution is 7.16. The number of nitrogens with zero attached hydrogens (tertiary/aromatic N) is 2. The minimum Gasteiger partial charge on any atom is -0.457 e. The molecule has 1 heterocycles. The highest BCUT2D eigenvalue weighted by Crippen LogP contribution is 2.24. The molecule has 0 aliphatic carbocycles. The molecule has 0 spiro atoms. The monoisotopic (exact) mass is 461 g/mol. The number of rotatable bonds is 7. The number of carbonyl (C=O) groups excluding carboxylic acids is 2. The second-order valence-corrected chi connectivity index (χ2v) is 8.26. The van der Waals surface area contributed by atoms with Crippen LogP contribution in [0.3, 0.4) is 0 Å². The smallest absolute Gasteiger partial charge is 0.279 e. The van der Waals surface area contributed by atoms with Gasteiger partial charge in [0.2, 0.25) is 5.91 Å². The Bertz CT molecular complexity index is 1360. The van der Waals surface area contributed by atoms with Crippen LogP contribution in [0.2, 0.25) is 0 Å². The third kappa shape index (κ3) is 5.54. The number of benzene rings is 3. The number of carbonyl (C=O) groups is 2. The number of para-hydroxylation sites is 1. The van der Waals surface area contributed by atoms with Crippen LogP contribution in [-0.4, -0.2) is 30.1 Å². The van der Waals surface area contributed by atoms with Crippen LogP contribution in [0.15, 0.2) is 77.8 Å². The second-order valence-electron chi connectivity index (χ2n) is 7.25. The fourth-order valence-corrected chi connectivity index (χ4v) is 4.40. The first-order valence-electron chi connectivity index (χ1n) is 10.4. The normalized spacial score (nSPS) is 11.5. The first-order chi connectivity index (χ1) is 16.0. The first kappa shape index (κ1) is 22.4. The Labute approximate surface area is 194 Å². The molecule has 4 aromatic rings. The van der Waals surface area contributed by atoms with Gasteiger partial charge < -0.3 is 19.4 Å². The van der Waals surface area contributed by atoms with Gasteiger partial charge in [-0.2, -0.15) is 4.99 Å². The Morgan fingerprint density at radius 2 is 1.79 bits per heavy atom. The summed E-state index contributed by atoms with van der Waals surface area (Å²) < 4.78 is 13.9. The van der Waals surface area contributed by atoms with Crippen LogP contribution in [0.1, 0.15) is 17.3 Å². The van der Waals surface area contributed by atoms with Gasteiger partial charge in [-0.1, -0.05) is 35.6 Å². The predicted molar refractivity (Wildman–Crippen MR) is 129 cm³/mol. The Kier molecular flexibility index (Phi) is 6.97. The molecule has 0 saturated carbocycles. The maximum Gasteiger partial charge on any atom is 0.279 e. The average Bonchev–Trinajstić information content (AvgIpc) is 3.14. The second kappa shape index (κ2) is 10.2. The van der Waals surface area contributed by atoms with E-state index in [2.05, 4.69) is 10.3 Å². The zero-order chi connectivity index (χ0) is 23.2. The maximum atomic E-state index is 13.0. The van der Waals surface area contributed by atoms with Crippen LogP contribution < -0.4 is 14.9 Å². The lowest BCUT2D eigenvalue weighted by Gasteiger charge is -2.07. The zero-order valence-electron chi connectivity index (χ0n) is 18.3. The van der Waals surface area contributed by atoms with Crippen LogP contribution in [0.4, 0.5) is 5.69 Å². The maximum absolute atomic E-state index is 13.0. The van der Waals surface area contributed by atoms with Crippen molar-refractivity contribution in [3.05, 3.63) is 83.2 Å². The van der Waals surface area contributed by atoms with Crippen LogP contribution >= 0.6 is 11.3 Å². The molecule has 2 amide bonds. The Hall–Kier alpha value is -3.75. The average molecular weight is 462 g/mol. The van der Waals surface area contributed by atoms with E-state index in [-0.39, 0.29) is 11.8 Å². The molecule has 0 unspecified atom stereocenters. The molecular formula is C25H23N3O4S. The molecule has 1 N–H and O–H groups in total. The van der Waals surface area contributed by atoms with E-state index >= 15 is 0 Å². The third-order valence-corrected chi connectivity index (χ3v) is 5.82. The van der Waals surface area contributed by atoms with Crippen molar-refractivity contribution in [2.24, 2.45) is 4.99 Å².